The molecule has 0 saturated heterocycles. The Balaban J connectivity index is 1.30. The number of ketones is 1. The van der Waals surface area contributed by atoms with E-state index in [1.54, 1.807) is 11.3 Å². The second kappa shape index (κ2) is 7.80. The van der Waals surface area contributed by atoms with E-state index < -0.39 is 0 Å². The second-order valence-electron chi connectivity index (χ2n) is 7.61. The van der Waals surface area contributed by atoms with E-state index in [9.17, 15) is 4.79 Å². The Morgan fingerprint density at radius 2 is 1.52 bits per heavy atom. The van der Waals surface area contributed by atoms with E-state index in [1.165, 1.54) is 17.5 Å². The smallest absolute Gasteiger partial charge is 0.188 e. The zero-order chi connectivity index (χ0) is 19.6. The number of nitrogens with one attached hydrogen (secondary N) is 1. The van der Waals surface area contributed by atoms with E-state index in [0.717, 1.165) is 45.9 Å². The molecular weight excluding hydrogens is 376 g/mol. The average Bonchev–Trinajstić information content (AvgIpc) is 3.43. The fourth-order valence-electron chi connectivity index (χ4n) is 4.05. The number of carbonyl (C=O) groups is 1. The quantitative estimate of drug-likeness (QED) is 0.365. The molecule has 5 rings (SSSR count). The summed E-state index contributed by atoms with van der Waals surface area (Å²) in [5.41, 5.74) is 5.14. The van der Waals surface area contributed by atoms with E-state index in [1.807, 2.05) is 30.3 Å². The number of aromatic nitrogens is 1. The SMILES string of the molecule is O=C(c1ccc(-c2ccc(Nc3nc4ccccc4s3)cc2)cc1)C1CCCC1. The number of nitrogens with zero attached hydrogens (tertiary/aromatic N) is 1. The van der Waals surface area contributed by atoms with E-state index >= 15 is 0 Å². The molecule has 3 aromatic carbocycles. The lowest BCUT2D eigenvalue weighted by atomic mass is 9.94. The highest BCUT2D eigenvalue weighted by Crippen LogP contribution is 2.31. The Bertz CT molecular complexity index is 1110. The van der Waals surface area contributed by atoms with Crippen molar-refractivity contribution in [2.24, 2.45) is 5.92 Å². The molecular formula is C25H22N2OS. The van der Waals surface area contributed by atoms with Crippen LogP contribution in [0.3, 0.4) is 0 Å². The maximum atomic E-state index is 12.6. The van der Waals surface area contributed by atoms with Crippen LogP contribution in [-0.4, -0.2) is 10.8 Å². The molecule has 1 aliphatic rings. The Morgan fingerprint density at radius 3 is 2.21 bits per heavy atom. The molecule has 0 radical (unpaired) electrons. The van der Waals surface area contributed by atoms with Gasteiger partial charge in [0.2, 0.25) is 0 Å². The van der Waals surface area contributed by atoms with Crippen LogP contribution in [0.2, 0.25) is 0 Å². The van der Waals surface area contributed by atoms with Gasteiger partial charge in [-0.15, -0.1) is 0 Å². The number of carbonyl (C=O) groups excluding carboxylic acids is 1. The first-order chi connectivity index (χ1) is 14.3. The molecule has 1 aromatic heterocycles. The minimum atomic E-state index is 0.230. The summed E-state index contributed by atoms with van der Waals surface area (Å²) in [4.78, 5) is 17.2. The van der Waals surface area contributed by atoms with E-state index in [-0.39, 0.29) is 5.92 Å². The van der Waals surface area contributed by atoms with Gasteiger partial charge in [0.15, 0.2) is 10.9 Å². The number of anilines is 2. The molecule has 0 atom stereocenters. The molecule has 29 heavy (non-hydrogen) atoms. The summed E-state index contributed by atoms with van der Waals surface area (Å²) in [7, 11) is 0. The molecule has 0 spiro atoms. The lowest BCUT2D eigenvalue weighted by Crippen LogP contribution is -2.10. The van der Waals surface area contributed by atoms with Gasteiger partial charge in [-0.3, -0.25) is 4.79 Å². The molecule has 1 fully saturated rings. The zero-order valence-corrected chi connectivity index (χ0v) is 16.9. The molecule has 1 N–H and O–H groups in total. The van der Waals surface area contributed by atoms with Gasteiger partial charge in [0.25, 0.3) is 0 Å². The molecule has 0 amide bonds. The Kier molecular flexibility index (Phi) is 4.86. The predicted octanol–water partition coefficient (Wildman–Crippen LogP) is 7.08. The summed E-state index contributed by atoms with van der Waals surface area (Å²) < 4.78 is 1.18. The van der Waals surface area contributed by atoms with Crippen molar-refractivity contribution >= 4 is 38.2 Å². The first-order valence-corrected chi connectivity index (χ1v) is 11.0. The number of rotatable bonds is 5. The van der Waals surface area contributed by atoms with Crippen LogP contribution in [0.4, 0.5) is 10.8 Å². The van der Waals surface area contributed by atoms with Gasteiger partial charge in [-0.1, -0.05) is 72.7 Å². The normalized spacial score (nSPS) is 14.3. The number of para-hydroxylation sites is 1. The minimum Gasteiger partial charge on any atom is -0.332 e. The highest BCUT2D eigenvalue weighted by atomic mass is 32.1. The van der Waals surface area contributed by atoms with Crippen molar-refractivity contribution in [1.29, 1.82) is 0 Å². The highest BCUT2D eigenvalue weighted by Gasteiger charge is 2.23. The largest absolute Gasteiger partial charge is 0.332 e. The first kappa shape index (κ1) is 18.1. The first-order valence-electron chi connectivity index (χ1n) is 10.1. The number of benzene rings is 3. The van der Waals surface area contributed by atoms with Crippen LogP contribution in [0.1, 0.15) is 36.0 Å². The Labute approximate surface area is 174 Å². The van der Waals surface area contributed by atoms with Crippen molar-refractivity contribution in [2.75, 3.05) is 5.32 Å². The van der Waals surface area contributed by atoms with Crippen LogP contribution in [0.5, 0.6) is 0 Å². The fourth-order valence-corrected chi connectivity index (χ4v) is 4.93. The van der Waals surface area contributed by atoms with Crippen LogP contribution < -0.4 is 5.32 Å². The molecule has 1 heterocycles. The molecule has 0 unspecified atom stereocenters. The third kappa shape index (κ3) is 3.81. The van der Waals surface area contributed by atoms with Crippen LogP contribution in [0, 0.1) is 5.92 Å². The van der Waals surface area contributed by atoms with Gasteiger partial charge in [-0.25, -0.2) is 4.98 Å². The van der Waals surface area contributed by atoms with Crippen molar-refractivity contribution < 1.29 is 4.79 Å². The summed E-state index contributed by atoms with van der Waals surface area (Å²) in [5, 5.41) is 4.29. The molecule has 0 bridgehead atoms. The van der Waals surface area contributed by atoms with Gasteiger partial charge in [0.05, 0.1) is 10.2 Å². The number of Topliss-reactive ketones (excluding diaryl/α,β-unsaturated/α-hetero) is 1. The minimum absolute atomic E-state index is 0.230. The molecule has 4 aromatic rings. The van der Waals surface area contributed by atoms with Gasteiger partial charge in [0.1, 0.15) is 0 Å². The summed E-state index contributed by atoms with van der Waals surface area (Å²) in [5.74, 6) is 0.540. The summed E-state index contributed by atoms with van der Waals surface area (Å²) >= 11 is 1.65. The Morgan fingerprint density at radius 1 is 0.862 bits per heavy atom. The van der Waals surface area contributed by atoms with Crippen LogP contribution in [-0.2, 0) is 0 Å². The van der Waals surface area contributed by atoms with Gasteiger partial charge >= 0.3 is 0 Å². The Hall–Kier alpha value is -2.98. The van der Waals surface area contributed by atoms with Gasteiger partial charge in [-0.2, -0.15) is 0 Å². The molecule has 1 saturated carbocycles. The van der Waals surface area contributed by atoms with Crippen LogP contribution in [0.25, 0.3) is 21.3 Å². The lowest BCUT2D eigenvalue weighted by molar-refractivity contribution is 0.0923. The lowest BCUT2D eigenvalue weighted by Gasteiger charge is -2.09. The molecule has 4 heteroatoms. The number of hydrogen-bond donors (Lipinski definition) is 1. The van der Waals surface area contributed by atoms with Crippen molar-refractivity contribution in [2.45, 2.75) is 25.7 Å². The molecule has 3 nitrogen and oxygen atoms in total. The predicted molar refractivity (Wildman–Crippen MR) is 121 cm³/mol. The van der Waals surface area contributed by atoms with E-state index in [4.69, 9.17) is 0 Å². The summed E-state index contributed by atoms with van der Waals surface area (Å²) in [6.45, 7) is 0. The third-order valence-electron chi connectivity index (χ3n) is 5.66. The third-order valence-corrected chi connectivity index (χ3v) is 6.61. The number of fused-ring (bicyclic) bond motifs is 1. The van der Waals surface area contributed by atoms with Crippen molar-refractivity contribution in [3.63, 3.8) is 0 Å². The van der Waals surface area contributed by atoms with Crippen molar-refractivity contribution in [3.8, 4) is 11.1 Å². The number of thiazole rings is 1. The maximum Gasteiger partial charge on any atom is 0.188 e. The molecule has 144 valence electrons. The van der Waals surface area contributed by atoms with Crippen LogP contribution in [0.15, 0.2) is 72.8 Å². The molecule has 0 aliphatic heterocycles. The van der Waals surface area contributed by atoms with Crippen molar-refractivity contribution in [1.82, 2.24) is 4.98 Å². The average molecular weight is 399 g/mol. The zero-order valence-electron chi connectivity index (χ0n) is 16.1. The van der Waals surface area contributed by atoms with E-state index in [2.05, 4.69) is 52.8 Å². The fraction of sp³-hybridized carbons (Fsp3) is 0.200. The molecule has 1 aliphatic carbocycles. The summed E-state index contributed by atoms with van der Waals surface area (Å²) in [6, 6.07) is 24.6. The van der Waals surface area contributed by atoms with Gasteiger partial charge < -0.3 is 5.32 Å². The maximum absolute atomic E-state index is 12.6. The van der Waals surface area contributed by atoms with E-state index in [0.29, 0.717) is 5.78 Å². The standard InChI is InChI=1S/C25H22N2OS/c28-24(19-5-1-2-6-19)20-11-9-17(10-12-20)18-13-15-21(16-14-18)26-25-27-22-7-3-4-8-23(22)29-25/h3-4,7-16,19H,1-2,5-6H2,(H,26,27). The summed E-state index contributed by atoms with van der Waals surface area (Å²) in [6.07, 6.45) is 4.46. The topological polar surface area (TPSA) is 42.0 Å². The van der Waals surface area contributed by atoms with Gasteiger partial charge in [-0.05, 0) is 48.2 Å². The van der Waals surface area contributed by atoms with Gasteiger partial charge in [0, 0.05) is 17.2 Å². The highest BCUT2D eigenvalue weighted by molar-refractivity contribution is 7.22. The number of hydrogen-bond acceptors (Lipinski definition) is 4. The van der Waals surface area contributed by atoms with Crippen LogP contribution >= 0.6 is 11.3 Å². The second-order valence-corrected chi connectivity index (χ2v) is 8.64. The van der Waals surface area contributed by atoms with Crippen molar-refractivity contribution in [3.05, 3.63) is 78.4 Å². The monoisotopic (exact) mass is 398 g/mol.